The minimum Gasteiger partial charge on any atom is -0.486 e. The van der Waals surface area contributed by atoms with Crippen LogP contribution in [0, 0.1) is 58.2 Å². The van der Waals surface area contributed by atoms with Gasteiger partial charge < -0.3 is 39.8 Å². The van der Waals surface area contributed by atoms with Gasteiger partial charge in [0.05, 0.1) is 10.0 Å². The van der Waals surface area contributed by atoms with Crippen LogP contribution in [-0.4, -0.2) is 56.5 Å². The number of halogens is 2. The van der Waals surface area contributed by atoms with E-state index in [0.717, 1.165) is 48.3 Å². The summed E-state index contributed by atoms with van der Waals surface area (Å²) in [4.78, 5) is 25.9. The average molecular weight is 1060 g/mol. The minimum atomic E-state index is -1.63. The summed E-state index contributed by atoms with van der Waals surface area (Å²) in [6.07, 6.45) is 19.4. The molecule has 6 N–H and O–H groups in total. The smallest absolute Gasteiger partial charge is 0.486 e. The van der Waals surface area contributed by atoms with Crippen LogP contribution in [0.25, 0.3) is 5.57 Å². The monoisotopic (exact) mass is 1060 g/mol. The Morgan fingerprint density at radius 2 is 1.20 bits per heavy atom. The molecule has 0 radical (unpaired) electrons. The van der Waals surface area contributed by atoms with Crippen molar-refractivity contribution in [1.82, 2.24) is 0 Å². The van der Waals surface area contributed by atoms with Crippen molar-refractivity contribution < 1.29 is 78.9 Å². The standard InChI is InChI=1S/C59H74B2Cl2O10.Na/c1-35(2)8-6-9-36(3)49-22-23-50-46-21-16-42-28-37(24-26-58(42,4)51(46)25-27-59(49,50)5)10-7-11-45(40-29-47(56(64)65)54(52(62)31-40)72-33-38-12-17-43(18-13-38)60(68)69)41-30-48(57(66)67)55(53(63)32-41)73-34-39-14-19-44(20-15-39)61(70)71;/h11-15,17-20,29-32,35-37,42,46,49-51,68-71H,6-10,16,21-28,33-34H2,1-5H3,(H,64,65)(H,66,67);/q;+1/t36?,37-,42-,46-,49+,50-,51-,58-,59+;/m0./s1. The third-order valence-corrected chi connectivity index (χ3v) is 19.0. The van der Waals surface area contributed by atoms with Gasteiger partial charge >= 0.3 is 55.7 Å². The van der Waals surface area contributed by atoms with Gasteiger partial charge in [-0.3, -0.25) is 0 Å². The normalized spacial score (nSPS) is 25.4. The van der Waals surface area contributed by atoms with Crippen LogP contribution in [0.15, 0.2) is 78.9 Å². The van der Waals surface area contributed by atoms with E-state index in [1.54, 1.807) is 60.7 Å². The second-order valence-electron chi connectivity index (χ2n) is 23.1. The number of rotatable bonds is 20. The zero-order valence-electron chi connectivity index (χ0n) is 44.2. The SMILES string of the molecule is CC(C)CCCC(C)[C@H]1CC[C@H]2[C@@H]3CC[C@H]4C[C@@H](CCC=C(c5cc(Cl)c(OCc6ccc(B(O)O)cc6)c(C(=O)O)c5)c5cc(Cl)c(OCc6ccc(B(O)O)cc6)c(C(=O)O)c5)CC[C@]4(C)[C@H]3CC[C@]12C.[Na+]. The van der Waals surface area contributed by atoms with E-state index in [0.29, 0.717) is 67.8 Å². The van der Waals surface area contributed by atoms with E-state index in [2.05, 4.69) is 40.7 Å². The predicted molar refractivity (Wildman–Crippen MR) is 291 cm³/mol. The number of fused-ring (bicyclic) bond motifs is 5. The summed E-state index contributed by atoms with van der Waals surface area (Å²) in [5, 5.41) is 59.3. The number of carboxylic acid groups (broad SMARTS) is 2. The zero-order chi connectivity index (χ0) is 52.4. The Labute approximate surface area is 471 Å². The number of hydrogen-bond acceptors (Lipinski definition) is 8. The number of benzene rings is 4. The van der Waals surface area contributed by atoms with Crippen LogP contribution < -0.4 is 50.0 Å². The summed E-state index contributed by atoms with van der Waals surface area (Å²) in [5.41, 5.74) is 3.80. The van der Waals surface area contributed by atoms with Gasteiger partial charge in [0.15, 0.2) is 11.5 Å². The van der Waals surface area contributed by atoms with Crippen LogP contribution in [0.1, 0.15) is 167 Å². The number of carboxylic acids is 2. The van der Waals surface area contributed by atoms with Gasteiger partial charge in [-0.2, -0.15) is 0 Å². The molecule has 4 aliphatic carbocycles. The summed E-state index contributed by atoms with van der Waals surface area (Å²) >= 11 is 13.9. The molecule has 10 nitrogen and oxygen atoms in total. The van der Waals surface area contributed by atoms with E-state index >= 15 is 0 Å². The molecule has 4 aromatic carbocycles. The molecule has 9 atom stereocenters. The first kappa shape index (κ1) is 58.4. The number of ether oxygens (including phenoxy) is 2. The Kier molecular flexibility index (Phi) is 19.7. The Morgan fingerprint density at radius 3 is 1.70 bits per heavy atom. The second kappa shape index (κ2) is 25.0. The fourth-order valence-electron chi connectivity index (χ4n) is 14.5. The molecule has 0 saturated heterocycles. The molecule has 4 saturated carbocycles. The van der Waals surface area contributed by atoms with Crippen molar-refractivity contribution in [3.05, 3.63) is 122 Å². The molecule has 0 aliphatic heterocycles. The van der Waals surface area contributed by atoms with Gasteiger partial charge in [-0.25, -0.2) is 9.59 Å². The number of allylic oxidation sites excluding steroid dienone is 1. The summed E-state index contributed by atoms with van der Waals surface area (Å²) < 4.78 is 12.1. The van der Waals surface area contributed by atoms with Crippen LogP contribution in [0.4, 0.5) is 0 Å². The molecule has 0 aromatic heterocycles. The predicted octanol–water partition coefficient (Wildman–Crippen LogP) is 8.86. The van der Waals surface area contributed by atoms with E-state index in [1.807, 2.05) is 0 Å². The van der Waals surface area contributed by atoms with Gasteiger partial charge in [0.2, 0.25) is 0 Å². The van der Waals surface area contributed by atoms with Crippen molar-refractivity contribution in [3.63, 3.8) is 0 Å². The van der Waals surface area contributed by atoms with Gasteiger partial charge in [0.25, 0.3) is 0 Å². The van der Waals surface area contributed by atoms with Crippen molar-refractivity contribution >= 4 is 65.9 Å². The third kappa shape index (κ3) is 12.8. The molecule has 0 amide bonds. The molecular formula is C59H74B2Cl2NaO10+. The number of carbonyl (C=O) groups is 2. The zero-order valence-corrected chi connectivity index (χ0v) is 47.7. The Balaban J connectivity index is 0.00000800. The fraction of sp³-hybridized carbons (Fsp3) is 0.525. The summed E-state index contributed by atoms with van der Waals surface area (Å²) in [6.45, 7) is 12.5. The van der Waals surface area contributed by atoms with Gasteiger partial charge in [-0.15, -0.1) is 0 Å². The first-order valence-corrected chi connectivity index (χ1v) is 27.5. The van der Waals surface area contributed by atoms with E-state index < -0.39 is 26.2 Å². The van der Waals surface area contributed by atoms with Crippen LogP contribution in [-0.2, 0) is 13.2 Å². The van der Waals surface area contributed by atoms with Crippen LogP contribution in [0.5, 0.6) is 11.5 Å². The molecule has 15 heteroatoms. The number of hydrogen-bond donors (Lipinski definition) is 6. The van der Waals surface area contributed by atoms with E-state index in [1.165, 1.54) is 82.8 Å². The average Bonchev–Trinajstić information content (AvgIpc) is 3.71. The van der Waals surface area contributed by atoms with Crippen molar-refractivity contribution in [2.24, 2.45) is 58.2 Å². The first-order valence-electron chi connectivity index (χ1n) is 26.8. The Hall–Kier alpha value is -3.29. The fourth-order valence-corrected chi connectivity index (χ4v) is 15.0. The quantitative estimate of drug-likeness (QED) is 0.0470. The topological polar surface area (TPSA) is 174 Å². The molecule has 0 spiro atoms. The molecule has 0 bridgehead atoms. The summed E-state index contributed by atoms with van der Waals surface area (Å²) in [5.74, 6) is 3.44. The van der Waals surface area contributed by atoms with Crippen LogP contribution in [0.2, 0.25) is 10.0 Å². The molecule has 4 aliphatic rings. The molecule has 0 heterocycles. The summed E-state index contributed by atoms with van der Waals surface area (Å²) in [6, 6.07) is 19.0. The maximum atomic E-state index is 13.0. The van der Waals surface area contributed by atoms with E-state index in [9.17, 15) is 39.9 Å². The molecule has 1 unspecified atom stereocenters. The molecular weight excluding hydrogens is 984 g/mol. The largest absolute Gasteiger partial charge is 1.00 e. The molecule has 74 heavy (non-hydrogen) atoms. The summed E-state index contributed by atoms with van der Waals surface area (Å²) in [7, 11) is -3.27. The van der Waals surface area contributed by atoms with Crippen LogP contribution in [0.3, 0.4) is 0 Å². The molecule has 4 aromatic rings. The molecule has 4 fully saturated rings. The third-order valence-electron chi connectivity index (χ3n) is 18.4. The maximum absolute atomic E-state index is 13.0. The van der Waals surface area contributed by atoms with E-state index in [4.69, 9.17) is 32.7 Å². The van der Waals surface area contributed by atoms with Crippen LogP contribution >= 0.6 is 23.2 Å². The van der Waals surface area contributed by atoms with Gasteiger partial charge in [0.1, 0.15) is 24.3 Å². The molecule has 8 rings (SSSR count). The molecule has 390 valence electrons. The van der Waals surface area contributed by atoms with Gasteiger partial charge in [0, 0.05) is 0 Å². The van der Waals surface area contributed by atoms with Crippen molar-refractivity contribution in [2.45, 2.75) is 138 Å². The Bertz CT molecular complexity index is 2500. The van der Waals surface area contributed by atoms with Crippen molar-refractivity contribution in [1.29, 1.82) is 0 Å². The first-order chi connectivity index (χ1) is 34.8. The Morgan fingerprint density at radius 1 is 0.689 bits per heavy atom. The second-order valence-corrected chi connectivity index (χ2v) is 23.9. The van der Waals surface area contributed by atoms with Gasteiger partial charge in [-0.05, 0) is 192 Å². The van der Waals surface area contributed by atoms with Crippen molar-refractivity contribution in [2.75, 3.05) is 0 Å². The van der Waals surface area contributed by atoms with Crippen molar-refractivity contribution in [3.8, 4) is 11.5 Å². The maximum Gasteiger partial charge on any atom is 1.00 e. The van der Waals surface area contributed by atoms with E-state index in [-0.39, 0.29) is 75.4 Å². The number of aromatic carboxylic acids is 2. The van der Waals surface area contributed by atoms with Gasteiger partial charge in [-0.1, -0.05) is 132 Å². The minimum absolute atomic E-state index is 0.